The minimum absolute atomic E-state index is 0.0260. The van der Waals surface area contributed by atoms with Crippen LogP contribution < -0.4 is 4.90 Å². The highest BCUT2D eigenvalue weighted by Crippen LogP contribution is 2.52. The van der Waals surface area contributed by atoms with E-state index in [4.69, 9.17) is 0 Å². The first-order valence-electron chi connectivity index (χ1n) is 7.58. The van der Waals surface area contributed by atoms with Gasteiger partial charge in [0, 0.05) is 36.3 Å². The lowest BCUT2D eigenvalue weighted by molar-refractivity contribution is -0.130. The number of Topliss-reactive ketones (excluding diaryl/α,β-unsaturated/α-hetero) is 1. The van der Waals surface area contributed by atoms with E-state index in [2.05, 4.69) is 27.9 Å². The molecule has 1 aromatic rings. The van der Waals surface area contributed by atoms with E-state index >= 15 is 0 Å². The van der Waals surface area contributed by atoms with Crippen LogP contribution in [0.3, 0.4) is 0 Å². The Kier molecular flexibility index (Phi) is 3.28. The highest BCUT2D eigenvalue weighted by Gasteiger charge is 2.53. The van der Waals surface area contributed by atoms with Gasteiger partial charge in [0.1, 0.15) is 6.07 Å². The lowest BCUT2D eigenvalue weighted by Gasteiger charge is -2.52. The van der Waals surface area contributed by atoms with Crippen molar-refractivity contribution in [3.8, 4) is 6.07 Å². The number of rotatable bonds is 1. The number of nitriles is 1. The Morgan fingerprint density at radius 1 is 1.32 bits per heavy atom. The van der Waals surface area contributed by atoms with Crippen LogP contribution in [0.15, 0.2) is 30.1 Å². The Hall–Kier alpha value is -2.22. The molecule has 0 saturated carbocycles. The molecule has 114 valence electrons. The number of fused-ring (bicyclic) bond motifs is 1. The normalized spacial score (nSPS) is 30.3. The summed E-state index contributed by atoms with van der Waals surface area (Å²) in [6.07, 6.45) is 6.24. The second-order valence-electron chi connectivity index (χ2n) is 7.04. The molecule has 1 aliphatic heterocycles. The number of carbonyl (C=O) groups excluding carboxylic acids is 1. The van der Waals surface area contributed by atoms with E-state index in [9.17, 15) is 10.1 Å². The highest BCUT2D eigenvalue weighted by molar-refractivity contribution is 6.04. The number of aromatic nitrogens is 2. The zero-order valence-corrected chi connectivity index (χ0v) is 13.2. The lowest BCUT2D eigenvalue weighted by Crippen LogP contribution is -2.56. The first-order valence-corrected chi connectivity index (χ1v) is 7.58. The van der Waals surface area contributed by atoms with Gasteiger partial charge in [0.05, 0.1) is 5.57 Å². The van der Waals surface area contributed by atoms with Gasteiger partial charge < -0.3 is 4.90 Å². The van der Waals surface area contributed by atoms with Gasteiger partial charge in [0.2, 0.25) is 5.95 Å². The van der Waals surface area contributed by atoms with E-state index in [0.29, 0.717) is 11.5 Å². The van der Waals surface area contributed by atoms with Gasteiger partial charge in [-0.1, -0.05) is 26.8 Å². The van der Waals surface area contributed by atoms with Crippen LogP contribution in [0.4, 0.5) is 5.95 Å². The summed E-state index contributed by atoms with van der Waals surface area (Å²) < 4.78 is 0. The maximum atomic E-state index is 12.5. The summed E-state index contributed by atoms with van der Waals surface area (Å²) in [5.41, 5.74) is -0.433. The van der Waals surface area contributed by atoms with Crippen LogP contribution in [-0.2, 0) is 4.79 Å². The van der Waals surface area contributed by atoms with Crippen molar-refractivity contribution in [3.05, 3.63) is 30.1 Å². The minimum atomic E-state index is -0.502. The molecule has 0 amide bonds. The largest absolute Gasteiger partial charge is 0.340 e. The van der Waals surface area contributed by atoms with Crippen molar-refractivity contribution in [2.45, 2.75) is 27.2 Å². The first kappa shape index (κ1) is 14.7. The molecule has 22 heavy (non-hydrogen) atoms. The number of nitrogens with zero attached hydrogens (tertiary/aromatic N) is 4. The molecule has 0 aromatic carbocycles. The van der Waals surface area contributed by atoms with Gasteiger partial charge in [-0.05, 0) is 18.4 Å². The molecule has 2 atom stereocenters. The predicted octanol–water partition coefficient (Wildman–Crippen LogP) is 2.37. The number of hydrogen-bond acceptors (Lipinski definition) is 5. The van der Waals surface area contributed by atoms with Crippen molar-refractivity contribution in [2.75, 3.05) is 18.0 Å². The molecule has 1 fully saturated rings. The molecule has 0 N–H and O–H groups in total. The third-order valence-electron chi connectivity index (χ3n) is 5.15. The number of anilines is 1. The molecule has 1 aliphatic carbocycles. The molecule has 1 saturated heterocycles. The molecular weight excluding hydrogens is 276 g/mol. The van der Waals surface area contributed by atoms with E-state index in [1.165, 1.54) is 0 Å². The summed E-state index contributed by atoms with van der Waals surface area (Å²) in [6, 6.07) is 3.88. The summed E-state index contributed by atoms with van der Waals surface area (Å²) in [6.45, 7) is 7.63. The zero-order valence-electron chi connectivity index (χ0n) is 13.2. The number of carbonyl (C=O) groups is 1. The Labute approximate surface area is 130 Å². The van der Waals surface area contributed by atoms with Gasteiger partial charge in [-0.25, -0.2) is 9.97 Å². The van der Waals surface area contributed by atoms with Crippen LogP contribution in [0, 0.1) is 28.1 Å². The predicted molar refractivity (Wildman–Crippen MR) is 82.9 cm³/mol. The van der Waals surface area contributed by atoms with Gasteiger partial charge >= 0.3 is 0 Å². The molecule has 1 aromatic heterocycles. The van der Waals surface area contributed by atoms with Crippen LogP contribution in [0.1, 0.15) is 27.2 Å². The standard InChI is InChI=1S/C17H20N4O/c1-16(2)13-5-8-21(15-19-6-4-7-20-15)11-17(13,3)9-12(10-18)14(16)22/h4,6-7,9,13H,5,8,11H2,1-3H3/t13-,17+/m0/s1. The van der Waals surface area contributed by atoms with Crippen LogP contribution in [0.25, 0.3) is 0 Å². The van der Waals surface area contributed by atoms with Gasteiger partial charge in [0.25, 0.3) is 0 Å². The molecule has 2 aliphatic rings. The van der Waals surface area contributed by atoms with Crippen molar-refractivity contribution in [1.29, 1.82) is 5.26 Å². The average molecular weight is 296 g/mol. The molecular formula is C17H20N4O. The van der Waals surface area contributed by atoms with Crippen LogP contribution >= 0.6 is 0 Å². The molecule has 3 rings (SSSR count). The maximum Gasteiger partial charge on any atom is 0.225 e. The number of piperidine rings is 1. The molecule has 0 spiro atoms. The molecule has 5 nitrogen and oxygen atoms in total. The molecule has 5 heteroatoms. The van der Waals surface area contributed by atoms with E-state index < -0.39 is 5.41 Å². The van der Waals surface area contributed by atoms with Gasteiger partial charge in [-0.2, -0.15) is 5.26 Å². The number of hydrogen-bond donors (Lipinski definition) is 0. The smallest absolute Gasteiger partial charge is 0.225 e. The summed E-state index contributed by atoms with van der Waals surface area (Å²) in [7, 11) is 0. The van der Waals surface area contributed by atoms with E-state index in [1.807, 2.05) is 19.9 Å². The summed E-state index contributed by atoms with van der Waals surface area (Å²) >= 11 is 0. The van der Waals surface area contributed by atoms with Crippen molar-refractivity contribution in [2.24, 2.45) is 16.7 Å². The van der Waals surface area contributed by atoms with Crippen molar-refractivity contribution >= 4 is 11.7 Å². The molecule has 0 unspecified atom stereocenters. The fourth-order valence-electron chi connectivity index (χ4n) is 4.16. The summed E-state index contributed by atoms with van der Waals surface area (Å²) in [4.78, 5) is 23.3. The second-order valence-corrected chi connectivity index (χ2v) is 7.04. The summed E-state index contributed by atoms with van der Waals surface area (Å²) in [5.74, 6) is 0.912. The second kappa shape index (κ2) is 4.91. The maximum absolute atomic E-state index is 12.5. The summed E-state index contributed by atoms with van der Waals surface area (Å²) in [5, 5.41) is 9.30. The van der Waals surface area contributed by atoms with Crippen LogP contribution in [0.5, 0.6) is 0 Å². The van der Waals surface area contributed by atoms with E-state index in [1.54, 1.807) is 18.5 Å². The molecule has 0 bridgehead atoms. The third-order valence-corrected chi connectivity index (χ3v) is 5.15. The minimum Gasteiger partial charge on any atom is -0.340 e. The monoisotopic (exact) mass is 296 g/mol. The van der Waals surface area contributed by atoms with Gasteiger partial charge in [-0.3, -0.25) is 4.79 Å². The van der Waals surface area contributed by atoms with Crippen LogP contribution in [-0.4, -0.2) is 28.8 Å². The van der Waals surface area contributed by atoms with Crippen LogP contribution in [0.2, 0.25) is 0 Å². The quantitative estimate of drug-likeness (QED) is 0.795. The van der Waals surface area contributed by atoms with Crippen molar-refractivity contribution in [1.82, 2.24) is 9.97 Å². The Morgan fingerprint density at radius 2 is 2.00 bits per heavy atom. The van der Waals surface area contributed by atoms with E-state index in [-0.39, 0.29) is 17.1 Å². The lowest BCUT2D eigenvalue weighted by atomic mass is 9.55. The highest BCUT2D eigenvalue weighted by atomic mass is 16.1. The average Bonchev–Trinajstić information content (AvgIpc) is 2.51. The molecule has 2 heterocycles. The topological polar surface area (TPSA) is 69.9 Å². The fourth-order valence-corrected chi connectivity index (χ4v) is 4.16. The first-order chi connectivity index (χ1) is 10.4. The molecule has 0 radical (unpaired) electrons. The Bertz CT molecular complexity index is 674. The van der Waals surface area contributed by atoms with E-state index in [0.717, 1.165) is 19.5 Å². The van der Waals surface area contributed by atoms with Crippen molar-refractivity contribution in [3.63, 3.8) is 0 Å². The Balaban J connectivity index is 1.99. The van der Waals surface area contributed by atoms with Gasteiger partial charge in [-0.15, -0.1) is 0 Å². The Morgan fingerprint density at radius 3 is 2.64 bits per heavy atom. The number of allylic oxidation sites excluding steroid dienone is 1. The zero-order chi connectivity index (χ0) is 16.0. The SMILES string of the molecule is CC1(C)C(=O)C(C#N)=C[C@]2(C)CN(c3ncccn3)CC[C@@H]12. The number of ketones is 1. The fraction of sp³-hybridized carbons (Fsp3) is 0.529. The van der Waals surface area contributed by atoms with Crippen molar-refractivity contribution < 1.29 is 4.79 Å². The third kappa shape index (κ3) is 2.10. The van der Waals surface area contributed by atoms with Gasteiger partial charge in [0.15, 0.2) is 5.78 Å².